The van der Waals surface area contributed by atoms with Gasteiger partial charge in [0.2, 0.25) is 5.91 Å². The summed E-state index contributed by atoms with van der Waals surface area (Å²) in [6.07, 6.45) is 7.79. The van der Waals surface area contributed by atoms with E-state index < -0.39 is 46.8 Å². The first-order valence-electron chi connectivity index (χ1n) is 50.8. The van der Waals surface area contributed by atoms with Crippen LogP contribution in [0, 0.1) is 30.1 Å². The molecule has 4 aliphatic rings. The Balaban J connectivity index is 0.000000226. The Kier molecular flexibility index (Phi) is 45.6. The summed E-state index contributed by atoms with van der Waals surface area (Å²) in [7, 11) is 1.39. The first kappa shape index (κ1) is 117. The van der Waals surface area contributed by atoms with Crippen molar-refractivity contribution in [3.05, 3.63) is 275 Å². The topological polar surface area (TPSA) is 350 Å². The van der Waals surface area contributed by atoms with Crippen molar-refractivity contribution in [2.45, 2.75) is 227 Å². The number of aryl methyl sites for hydroxylation is 1. The second-order valence-corrected chi connectivity index (χ2v) is 42.5. The van der Waals surface area contributed by atoms with Crippen LogP contribution in [-0.2, 0) is 93.0 Å². The number of unbranched alkanes of at least 4 members (excludes halogenated alkanes) is 2. The van der Waals surface area contributed by atoms with E-state index in [-0.39, 0.29) is 140 Å². The van der Waals surface area contributed by atoms with Gasteiger partial charge in [0.1, 0.15) is 41.8 Å². The number of fused-ring (bicyclic) bond motifs is 7. The van der Waals surface area contributed by atoms with Gasteiger partial charge in [-0.25, -0.2) is 14.4 Å². The van der Waals surface area contributed by atoms with Crippen LogP contribution in [0.2, 0.25) is 0 Å². The van der Waals surface area contributed by atoms with Crippen LogP contribution in [0.1, 0.15) is 229 Å². The number of nitrogens with one attached hydrogen (secondary N) is 3. The number of esters is 5. The number of hydrogen-bond donors (Lipinski definition) is 5. The number of alkyl carbamates (subject to hydrolysis) is 1. The van der Waals surface area contributed by atoms with Crippen LogP contribution in [0.15, 0.2) is 224 Å². The molecular formula is C118H150ClN7O20. The van der Waals surface area contributed by atoms with Crippen LogP contribution in [-0.4, -0.2) is 230 Å². The van der Waals surface area contributed by atoms with E-state index in [4.69, 9.17) is 49.8 Å². The Labute approximate surface area is 866 Å². The van der Waals surface area contributed by atoms with E-state index in [9.17, 15) is 58.2 Å². The van der Waals surface area contributed by atoms with E-state index in [0.29, 0.717) is 91.0 Å². The minimum Gasteiger partial charge on any atom is -0.481 e. The number of ketones is 1. The standard InChI is InChI=1S/C44H44O4.C33H59N5O8.C28H23NO4.C12H24ClNO2.CO2/c1-32-25-27-36(28-26-32)44(34-17-7-3-8-18-34,35-19-9-4-10-20-35)29-15-5-6-16-33(43(46)47-2)30-42(45)48-31-41-39-23-13-11-21-37(39)38-22-12-14-24-40(38)41;1-25(39)21-35-12-14-36(22-28(40)34-20-26-8-10-27(11-9-26)31(43)44)15-17-38(24-30(42)46-33(5,6)7)19-18-37(16-13-35)23-29(41)45-32(2,3)4;30-27(31)26(16-18-13-14-19-7-1-2-8-20(19)15-18)29-28(32)33-17-25-23-11-5-3-9-21(23)22-10-4-6-12-24(22)25;1-11(2,3)9(14-13)7-8-10(15)16-12(4,5)6;2-1-3/h3-4,7-14,17-28,33,41H,5-6,15-16,29-31H2,1-2H3;26-27H,8-24H2,1-7H3,(H,34,40)(H,43,44);1-15,25-26H,16-17H2,(H,29,32)(H,30,31);9,14H,7-8H2,1-6H3;/t33-;;26-;9-;/m1.00./s1. The summed E-state index contributed by atoms with van der Waals surface area (Å²) in [6.45, 7) is 32.2. The molecule has 3 aliphatic carbocycles. The number of aliphatic carboxylic acids is 2. The summed E-state index contributed by atoms with van der Waals surface area (Å²) < 4.78 is 32.9. The molecule has 3 atom stereocenters. The number of carboxylic acid groups (broad SMARTS) is 2. The average molecular weight is 2020 g/mol. The van der Waals surface area contributed by atoms with Crippen LogP contribution in [0.5, 0.6) is 0 Å². The molecule has 146 heavy (non-hydrogen) atoms. The van der Waals surface area contributed by atoms with Crippen LogP contribution in [0.25, 0.3) is 33.0 Å². The van der Waals surface area contributed by atoms with E-state index >= 15 is 0 Å². The van der Waals surface area contributed by atoms with Gasteiger partial charge in [0, 0.05) is 95.0 Å². The summed E-state index contributed by atoms with van der Waals surface area (Å²) in [5, 5.41) is 26.6. The molecular weight excluding hydrogens is 1870 g/mol. The molecule has 13 rings (SSSR count). The molecule has 0 aromatic heterocycles. The SMILES string of the molecule is CC(=O)CN1CCN(CC(=O)NCC2CCC(C(=O)O)CC2)CCN(CC(=O)OC(C)(C)C)CCN(CC(=O)OC(C)(C)C)CC1.CC(C)(C)OC(=O)CC[C@H](NCl)C(C)(C)C.COC(=O)[C@H](CCCCCC(c1ccccc1)(c1ccccc1)c1ccc(C)cc1)CC(=O)OCC1c2ccccc2-c2ccccc21.O=C(N[C@@H](Cc1ccc2ccccc2c1)C(=O)O)OCC1c2ccccc2-c2ccccc21.O=C=O. The predicted octanol–water partition coefficient (Wildman–Crippen LogP) is 19.4. The average Bonchev–Trinajstić information content (AvgIpc) is 1.63. The second kappa shape index (κ2) is 56.9. The van der Waals surface area contributed by atoms with Gasteiger partial charge in [-0.15, -0.1) is 0 Å². The molecule has 2 amide bonds. The fraction of sp³-hybridized carbons (Fsp3) is 0.466. The van der Waals surface area contributed by atoms with E-state index in [1.807, 2.05) is 180 Å². The van der Waals surface area contributed by atoms with Gasteiger partial charge in [0.15, 0.2) is 0 Å². The molecule has 1 saturated carbocycles. The van der Waals surface area contributed by atoms with E-state index in [1.165, 1.54) is 51.6 Å². The maximum Gasteiger partial charge on any atom is 0.407 e. The number of benzene rings is 9. The number of ether oxygens (including phenoxy) is 6. The molecule has 0 radical (unpaired) electrons. The lowest BCUT2D eigenvalue weighted by molar-refractivity contribution is -0.192. The third-order valence-electron chi connectivity index (χ3n) is 26.5. The van der Waals surface area contributed by atoms with Crippen molar-refractivity contribution in [2.75, 3.05) is 105 Å². The first-order chi connectivity index (χ1) is 69.5. The molecule has 0 bridgehead atoms. The molecule has 5 N–H and O–H groups in total. The van der Waals surface area contributed by atoms with Crippen molar-refractivity contribution in [3.63, 3.8) is 0 Å². The third kappa shape index (κ3) is 37.7. The number of carboxylic acids is 2. The molecule has 0 unspecified atom stereocenters. The number of hydrogen-bond acceptors (Lipinski definition) is 23. The maximum atomic E-state index is 13.1. The summed E-state index contributed by atoms with van der Waals surface area (Å²) in [5.41, 5.74) is 13.2. The number of Topliss-reactive ketones (excluding diaryl/α,β-unsaturated/α-hetero) is 1. The van der Waals surface area contributed by atoms with E-state index in [1.54, 1.807) is 6.92 Å². The number of carbonyl (C=O) groups is 10. The Morgan fingerprint density at radius 3 is 1.32 bits per heavy atom. The van der Waals surface area contributed by atoms with Gasteiger partial charge in [0.05, 0.1) is 51.5 Å². The number of methoxy groups -OCH3 is 1. The molecule has 2 fully saturated rings. The first-order valence-corrected chi connectivity index (χ1v) is 51.2. The fourth-order valence-corrected chi connectivity index (χ4v) is 19.6. The van der Waals surface area contributed by atoms with Gasteiger partial charge in [0.25, 0.3) is 0 Å². The maximum absolute atomic E-state index is 13.1. The van der Waals surface area contributed by atoms with Crippen molar-refractivity contribution < 1.29 is 96.2 Å². The molecule has 9 aromatic carbocycles. The highest BCUT2D eigenvalue weighted by Crippen LogP contribution is 2.48. The number of rotatable bonds is 35. The highest BCUT2D eigenvalue weighted by Gasteiger charge is 2.39. The van der Waals surface area contributed by atoms with Crippen LogP contribution in [0.3, 0.4) is 0 Å². The van der Waals surface area contributed by atoms with Crippen molar-refractivity contribution in [2.24, 2.45) is 23.2 Å². The number of amides is 2. The van der Waals surface area contributed by atoms with Crippen molar-refractivity contribution in [1.82, 2.24) is 35.1 Å². The van der Waals surface area contributed by atoms with E-state index in [2.05, 4.69) is 169 Å². The Morgan fingerprint density at radius 1 is 0.466 bits per heavy atom. The normalized spacial score (nSPS) is 15.9. The Hall–Kier alpha value is -12.6. The van der Waals surface area contributed by atoms with Gasteiger partial charge in [-0.2, -0.15) is 9.59 Å². The molecule has 1 aliphatic heterocycles. The largest absolute Gasteiger partial charge is 0.481 e. The molecule has 27 nitrogen and oxygen atoms in total. The lowest BCUT2D eigenvalue weighted by Gasteiger charge is -2.36. The van der Waals surface area contributed by atoms with Gasteiger partial charge in [-0.3, -0.25) is 58.0 Å². The molecule has 0 spiro atoms. The molecule has 1 heterocycles. The molecule has 1 saturated heterocycles. The monoisotopic (exact) mass is 2020 g/mol. The third-order valence-corrected chi connectivity index (χ3v) is 26.8. The lowest BCUT2D eigenvalue weighted by atomic mass is 9.66. The smallest absolute Gasteiger partial charge is 0.407 e. The fourth-order valence-electron chi connectivity index (χ4n) is 19.2. The highest BCUT2D eigenvalue weighted by atomic mass is 35.5. The van der Waals surface area contributed by atoms with Crippen LogP contribution >= 0.6 is 11.8 Å². The number of nitrogens with zero attached hydrogens (tertiary/aromatic N) is 4. The zero-order chi connectivity index (χ0) is 106. The van der Waals surface area contributed by atoms with Crippen LogP contribution < -0.4 is 15.5 Å². The zero-order valence-electron chi connectivity index (χ0n) is 87.6. The summed E-state index contributed by atoms with van der Waals surface area (Å²) >= 11 is 5.67. The number of carbonyl (C=O) groups excluding carboxylic acids is 10. The summed E-state index contributed by atoms with van der Waals surface area (Å²) in [5.74, 6) is -4.11. The zero-order valence-corrected chi connectivity index (χ0v) is 88.4. The Bertz CT molecular complexity index is 5650. The lowest BCUT2D eigenvalue weighted by Crippen LogP contribution is -2.50. The van der Waals surface area contributed by atoms with Crippen molar-refractivity contribution >= 4 is 88.3 Å². The summed E-state index contributed by atoms with van der Waals surface area (Å²) in [4.78, 5) is 151. The van der Waals surface area contributed by atoms with Gasteiger partial charge < -0.3 is 49.3 Å². The van der Waals surface area contributed by atoms with E-state index in [0.717, 1.165) is 77.1 Å². The van der Waals surface area contributed by atoms with Gasteiger partial charge >= 0.3 is 54.0 Å². The molecule has 28 heteroatoms. The number of halogens is 1. The molecule has 784 valence electrons. The van der Waals surface area contributed by atoms with Crippen molar-refractivity contribution in [3.8, 4) is 22.3 Å². The summed E-state index contributed by atoms with van der Waals surface area (Å²) in [6, 6.07) is 75.9. The predicted molar refractivity (Wildman–Crippen MR) is 566 cm³/mol. The van der Waals surface area contributed by atoms with Crippen LogP contribution in [0.4, 0.5) is 4.79 Å². The second-order valence-electron chi connectivity index (χ2n) is 42.3. The minimum absolute atomic E-state index is 0.0130. The van der Waals surface area contributed by atoms with Gasteiger partial charge in [-0.1, -0.05) is 270 Å². The van der Waals surface area contributed by atoms with Crippen molar-refractivity contribution in [1.29, 1.82) is 0 Å². The molecule has 9 aromatic rings. The quantitative estimate of drug-likeness (QED) is 0.00810. The minimum atomic E-state index is -1.10. The van der Waals surface area contributed by atoms with Gasteiger partial charge in [-0.05, 0) is 222 Å². The highest BCUT2D eigenvalue weighted by molar-refractivity contribution is 6.13. The Morgan fingerprint density at radius 2 is 0.884 bits per heavy atom.